The minimum Gasteiger partial charge on any atom is -0.311 e. The molecular weight excluding hydrogens is 122 g/mol. The quantitative estimate of drug-likeness (QED) is 0.534. The van der Waals surface area contributed by atoms with Gasteiger partial charge in [0.05, 0.1) is 0 Å². The van der Waals surface area contributed by atoms with Crippen LogP contribution < -0.4 is 5.32 Å². The standard InChI is InChI=1S/C9H15N/c1-2-8-5-7(1)6-9(8)3-4-10-9/h7-8,10H,1-6H2. The topological polar surface area (TPSA) is 12.0 Å². The zero-order chi connectivity index (χ0) is 6.60. The minimum atomic E-state index is 0.683. The van der Waals surface area contributed by atoms with Crippen molar-refractivity contribution in [3.05, 3.63) is 0 Å². The number of nitrogens with one attached hydrogen (secondary N) is 1. The van der Waals surface area contributed by atoms with Crippen molar-refractivity contribution < 1.29 is 0 Å². The summed E-state index contributed by atoms with van der Waals surface area (Å²) in [6.07, 6.45) is 7.60. The Bertz CT molecular complexity index is 160. The molecule has 1 N–H and O–H groups in total. The van der Waals surface area contributed by atoms with Gasteiger partial charge >= 0.3 is 0 Å². The lowest BCUT2D eigenvalue weighted by Crippen LogP contribution is -2.59. The Morgan fingerprint density at radius 1 is 1.30 bits per heavy atom. The van der Waals surface area contributed by atoms with E-state index >= 15 is 0 Å². The Balaban J connectivity index is 1.89. The van der Waals surface area contributed by atoms with Crippen LogP contribution in [0.4, 0.5) is 0 Å². The Kier molecular flexibility index (Phi) is 0.883. The average molecular weight is 137 g/mol. The third-order valence-electron chi connectivity index (χ3n) is 4.02. The number of fused-ring (bicyclic) bond motifs is 3. The highest BCUT2D eigenvalue weighted by atomic mass is 15.1. The molecule has 1 heteroatoms. The van der Waals surface area contributed by atoms with Crippen LogP contribution in [0.2, 0.25) is 0 Å². The summed E-state index contributed by atoms with van der Waals surface area (Å²) in [5.41, 5.74) is 0.683. The third-order valence-corrected chi connectivity index (χ3v) is 4.02. The lowest BCUT2D eigenvalue weighted by Gasteiger charge is -2.46. The van der Waals surface area contributed by atoms with E-state index in [1.54, 1.807) is 6.42 Å². The Morgan fingerprint density at radius 2 is 2.20 bits per heavy atom. The maximum atomic E-state index is 3.65. The molecule has 56 valence electrons. The van der Waals surface area contributed by atoms with E-state index in [0.29, 0.717) is 5.54 Å². The van der Waals surface area contributed by atoms with Gasteiger partial charge in [0, 0.05) is 5.54 Å². The molecule has 2 bridgehead atoms. The van der Waals surface area contributed by atoms with Crippen LogP contribution in [0.3, 0.4) is 0 Å². The van der Waals surface area contributed by atoms with Gasteiger partial charge in [0.25, 0.3) is 0 Å². The first-order valence-corrected chi connectivity index (χ1v) is 4.64. The lowest BCUT2D eigenvalue weighted by atomic mass is 9.74. The van der Waals surface area contributed by atoms with Crippen LogP contribution in [0, 0.1) is 11.8 Å². The molecule has 3 rings (SSSR count). The molecule has 1 saturated heterocycles. The van der Waals surface area contributed by atoms with E-state index in [1.807, 2.05) is 0 Å². The predicted molar refractivity (Wildman–Crippen MR) is 40.8 cm³/mol. The fraction of sp³-hybridized carbons (Fsp3) is 1.00. The van der Waals surface area contributed by atoms with Gasteiger partial charge in [0.15, 0.2) is 0 Å². The van der Waals surface area contributed by atoms with Crippen molar-refractivity contribution in [3.8, 4) is 0 Å². The van der Waals surface area contributed by atoms with Crippen molar-refractivity contribution >= 4 is 0 Å². The van der Waals surface area contributed by atoms with E-state index in [0.717, 1.165) is 11.8 Å². The van der Waals surface area contributed by atoms with Crippen LogP contribution in [-0.2, 0) is 0 Å². The second kappa shape index (κ2) is 1.58. The van der Waals surface area contributed by atoms with Crippen molar-refractivity contribution in [1.82, 2.24) is 5.32 Å². The highest BCUT2D eigenvalue weighted by molar-refractivity contribution is 5.10. The third kappa shape index (κ3) is 0.493. The van der Waals surface area contributed by atoms with Gasteiger partial charge in [0.1, 0.15) is 0 Å². The van der Waals surface area contributed by atoms with Crippen molar-refractivity contribution in [2.75, 3.05) is 6.54 Å². The zero-order valence-corrected chi connectivity index (χ0v) is 6.40. The van der Waals surface area contributed by atoms with Crippen LogP contribution >= 0.6 is 0 Å². The molecule has 1 aliphatic heterocycles. The van der Waals surface area contributed by atoms with Crippen LogP contribution in [0.1, 0.15) is 32.1 Å². The number of hydrogen-bond acceptors (Lipinski definition) is 1. The van der Waals surface area contributed by atoms with E-state index in [1.165, 1.54) is 32.2 Å². The molecular formula is C9H15N. The molecule has 0 amide bonds. The van der Waals surface area contributed by atoms with E-state index < -0.39 is 0 Å². The van der Waals surface area contributed by atoms with Crippen molar-refractivity contribution in [1.29, 1.82) is 0 Å². The highest BCUT2D eigenvalue weighted by Gasteiger charge is 2.53. The van der Waals surface area contributed by atoms with E-state index in [9.17, 15) is 0 Å². The molecule has 0 aromatic heterocycles. The number of rotatable bonds is 0. The molecule has 10 heavy (non-hydrogen) atoms. The van der Waals surface area contributed by atoms with Crippen LogP contribution in [-0.4, -0.2) is 12.1 Å². The van der Waals surface area contributed by atoms with E-state index in [2.05, 4.69) is 5.32 Å². The van der Waals surface area contributed by atoms with Gasteiger partial charge in [-0.15, -0.1) is 0 Å². The van der Waals surface area contributed by atoms with Gasteiger partial charge in [-0.05, 0) is 44.1 Å². The fourth-order valence-corrected chi connectivity index (χ4v) is 3.41. The van der Waals surface area contributed by atoms with E-state index in [-0.39, 0.29) is 0 Å². The zero-order valence-electron chi connectivity index (χ0n) is 6.40. The first-order valence-electron chi connectivity index (χ1n) is 4.64. The van der Waals surface area contributed by atoms with Gasteiger partial charge < -0.3 is 5.32 Å². The fourth-order valence-electron chi connectivity index (χ4n) is 3.41. The van der Waals surface area contributed by atoms with Crippen LogP contribution in [0.25, 0.3) is 0 Å². The predicted octanol–water partition coefficient (Wildman–Crippen LogP) is 1.54. The smallest absolute Gasteiger partial charge is 0.0224 e. The summed E-state index contributed by atoms with van der Waals surface area (Å²) in [6.45, 7) is 1.29. The normalized spacial score (nSPS) is 57.6. The monoisotopic (exact) mass is 137 g/mol. The molecule has 2 saturated carbocycles. The summed E-state index contributed by atoms with van der Waals surface area (Å²) in [5, 5.41) is 3.65. The summed E-state index contributed by atoms with van der Waals surface area (Å²) >= 11 is 0. The molecule has 3 atom stereocenters. The molecule has 3 fully saturated rings. The molecule has 2 aliphatic carbocycles. The van der Waals surface area contributed by atoms with Gasteiger partial charge in [-0.3, -0.25) is 0 Å². The largest absolute Gasteiger partial charge is 0.311 e. The first-order chi connectivity index (χ1) is 4.89. The van der Waals surface area contributed by atoms with Crippen molar-refractivity contribution in [2.45, 2.75) is 37.6 Å². The summed E-state index contributed by atoms with van der Waals surface area (Å²) in [4.78, 5) is 0. The summed E-state index contributed by atoms with van der Waals surface area (Å²) < 4.78 is 0. The van der Waals surface area contributed by atoms with Crippen molar-refractivity contribution in [2.24, 2.45) is 11.8 Å². The summed E-state index contributed by atoms with van der Waals surface area (Å²) in [6, 6.07) is 0. The van der Waals surface area contributed by atoms with Gasteiger partial charge in [-0.2, -0.15) is 0 Å². The van der Waals surface area contributed by atoms with Gasteiger partial charge in [-0.1, -0.05) is 6.42 Å². The highest BCUT2D eigenvalue weighted by Crippen LogP contribution is 2.54. The van der Waals surface area contributed by atoms with Gasteiger partial charge in [0.2, 0.25) is 0 Å². The van der Waals surface area contributed by atoms with E-state index in [4.69, 9.17) is 0 Å². The maximum absolute atomic E-state index is 3.65. The molecule has 1 heterocycles. The molecule has 0 aromatic rings. The maximum Gasteiger partial charge on any atom is 0.0224 e. The van der Waals surface area contributed by atoms with Crippen LogP contribution in [0.5, 0.6) is 0 Å². The molecule has 0 aromatic carbocycles. The van der Waals surface area contributed by atoms with Crippen LogP contribution in [0.15, 0.2) is 0 Å². The summed E-state index contributed by atoms with van der Waals surface area (Å²) in [7, 11) is 0. The summed E-state index contributed by atoms with van der Waals surface area (Å²) in [5.74, 6) is 2.18. The molecule has 1 spiro atoms. The molecule has 0 radical (unpaired) electrons. The Morgan fingerprint density at radius 3 is 2.50 bits per heavy atom. The first kappa shape index (κ1) is 5.59. The molecule has 1 nitrogen and oxygen atoms in total. The second-order valence-corrected chi connectivity index (χ2v) is 4.41. The SMILES string of the molecule is C1CC2(CC3CCC2C3)N1. The van der Waals surface area contributed by atoms with Crippen molar-refractivity contribution in [3.63, 3.8) is 0 Å². The molecule has 3 unspecified atom stereocenters. The Hall–Kier alpha value is -0.0400. The second-order valence-electron chi connectivity index (χ2n) is 4.41. The van der Waals surface area contributed by atoms with Gasteiger partial charge in [-0.25, -0.2) is 0 Å². The molecule has 3 aliphatic rings. The lowest BCUT2D eigenvalue weighted by molar-refractivity contribution is 0.124. The number of hydrogen-bond donors (Lipinski definition) is 1. The Labute approximate surface area is 62.2 Å². The average Bonchev–Trinajstić information content (AvgIpc) is 2.40. The minimum absolute atomic E-state index is 0.683.